The maximum absolute atomic E-state index is 8.95. The molecule has 0 rings (SSSR count). The molecule has 0 aromatic heterocycles. The predicted octanol–water partition coefficient (Wildman–Crippen LogP) is -0.117. The lowest BCUT2D eigenvalue weighted by atomic mass is 10.2. The molecule has 2 N–H and O–H groups in total. The zero-order valence-electron chi connectivity index (χ0n) is 7.20. The van der Waals surface area contributed by atoms with Gasteiger partial charge in [-0.1, -0.05) is 0 Å². The highest BCUT2D eigenvalue weighted by molar-refractivity contribution is 7.84. The molecule has 0 amide bonds. The molecule has 0 aromatic carbocycles. The molecule has 0 spiro atoms. The van der Waals surface area contributed by atoms with Crippen molar-refractivity contribution in [3.8, 4) is 0 Å². The largest absolute Gasteiger partial charge is 0.394 e. The van der Waals surface area contributed by atoms with Gasteiger partial charge in [0.15, 0.2) is 0 Å². The number of aliphatic hydroxyl groups is 2. The first kappa shape index (κ1) is 13.9. The summed E-state index contributed by atoms with van der Waals surface area (Å²) in [4.78, 5) is 0. The molecule has 3 atom stereocenters. The van der Waals surface area contributed by atoms with Gasteiger partial charge < -0.3 is 14.9 Å². The van der Waals surface area contributed by atoms with E-state index in [1.165, 1.54) is 0 Å². The summed E-state index contributed by atoms with van der Waals surface area (Å²) in [6, 6.07) is 0. The molecule has 13 heavy (non-hydrogen) atoms. The van der Waals surface area contributed by atoms with Gasteiger partial charge in [0.2, 0.25) is 0 Å². The minimum Gasteiger partial charge on any atom is -0.394 e. The van der Waals surface area contributed by atoms with Crippen LogP contribution < -0.4 is 0 Å². The summed E-state index contributed by atoms with van der Waals surface area (Å²) in [6.45, 7) is -0.230. The van der Waals surface area contributed by atoms with E-state index < -0.39 is 6.10 Å². The molecule has 0 saturated carbocycles. The minimum atomic E-state index is -0.398. The number of hydrogen-bond acceptors (Lipinski definition) is 6. The quantitative estimate of drug-likeness (QED) is 0.406. The van der Waals surface area contributed by atoms with Gasteiger partial charge in [0, 0.05) is 16.8 Å². The zero-order valence-corrected chi connectivity index (χ0v) is 9.89. The third-order valence-electron chi connectivity index (χ3n) is 1.57. The lowest BCUT2D eigenvalue weighted by molar-refractivity contribution is -0.0468. The Labute approximate surface area is 95.1 Å². The second-order valence-electron chi connectivity index (χ2n) is 2.59. The third-order valence-corrected chi connectivity index (χ3v) is 3.17. The van der Waals surface area contributed by atoms with E-state index in [4.69, 9.17) is 14.9 Å². The molecule has 0 radical (unpaired) electrons. The fourth-order valence-corrected chi connectivity index (χ4v) is 1.37. The van der Waals surface area contributed by atoms with E-state index in [1.54, 1.807) is 0 Å². The molecular formula is C7H16O3S3. The Morgan fingerprint density at radius 2 is 1.69 bits per heavy atom. The standard InChI is InChI=1S/C7H16O3S3/c8-1-5(3-11)10-6(2-9)7(13)4-12/h5-9,11-13H,1-4H2/t5?,6-,7-/m1/s1. The van der Waals surface area contributed by atoms with Crippen molar-refractivity contribution in [2.24, 2.45) is 0 Å². The van der Waals surface area contributed by atoms with Crippen LogP contribution in [-0.4, -0.2) is 52.4 Å². The molecule has 3 nitrogen and oxygen atoms in total. The number of rotatable bonds is 7. The van der Waals surface area contributed by atoms with E-state index in [2.05, 4.69) is 37.9 Å². The highest BCUT2D eigenvalue weighted by Gasteiger charge is 2.20. The van der Waals surface area contributed by atoms with Crippen molar-refractivity contribution in [1.82, 2.24) is 0 Å². The van der Waals surface area contributed by atoms with Gasteiger partial charge in [-0.05, 0) is 0 Å². The predicted molar refractivity (Wildman–Crippen MR) is 63.3 cm³/mol. The fraction of sp³-hybridized carbons (Fsp3) is 1.00. The second kappa shape index (κ2) is 8.26. The molecule has 80 valence electrons. The van der Waals surface area contributed by atoms with Crippen molar-refractivity contribution in [1.29, 1.82) is 0 Å². The monoisotopic (exact) mass is 244 g/mol. The van der Waals surface area contributed by atoms with E-state index in [0.29, 0.717) is 11.5 Å². The molecule has 0 bridgehead atoms. The molecule has 1 unspecified atom stereocenters. The van der Waals surface area contributed by atoms with Crippen LogP contribution in [-0.2, 0) is 4.74 Å². The normalized spacial score (nSPS) is 18.2. The van der Waals surface area contributed by atoms with E-state index in [1.807, 2.05) is 0 Å². The molecule has 0 aliphatic heterocycles. The smallest absolute Gasteiger partial charge is 0.0934 e. The van der Waals surface area contributed by atoms with Crippen LogP contribution in [0, 0.1) is 0 Å². The number of aliphatic hydroxyl groups excluding tert-OH is 2. The zero-order chi connectivity index (χ0) is 10.3. The summed E-state index contributed by atoms with van der Waals surface area (Å²) in [5, 5.41) is 17.6. The van der Waals surface area contributed by atoms with Crippen molar-refractivity contribution < 1.29 is 14.9 Å². The molecule has 0 saturated heterocycles. The van der Waals surface area contributed by atoms with Gasteiger partial charge in [0.05, 0.1) is 25.4 Å². The van der Waals surface area contributed by atoms with Crippen molar-refractivity contribution in [3.05, 3.63) is 0 Å². The second-order valence-corrected chi connectivity index (χ2v) is 3.99. The van der Waals surface area contributed by atoms with Crippen LogP contribution in [0.4, 0.5) is 0 Å². The van der Waals surface area contributed by atoms with Crippen LogP contribution in [0.2, 0.25) is 0 Å². The van der Waals surface area contributed by atoms with E-state index >= 15 is 0 Å². The summed E-state index contributed by atoms with van der Waals surface area (Å²) in [5.74, 6) is 0.930. The highest BCUT2D eigenvalue weighted by atomic mass is 32.1. The van der Waals surface area contributed by atoms with E-state index in [9.17, 15) is 0 Å². The topological polar surface area (TPSA) is 49.7 Å². The Morgan fingerprint density at radius 3 is 2.00 bits per heavy atom. The van der Waals surface area contributed by atoms with Crippen molar-refractivity contribution >= 4 is 37.9 Å². The van der Waals surface area contributed by atoms with Crippen LogP contribution in [0.5, 0.6) is 0 Å². The Morgan fingerprint density at radius 1 is 1.08 bits per heavy atom. The molecular weight excluding hydrogens is 228 g/mol. The van der Waals surface area contributed by atoms with Gasteiger partial charge in [-0.15, -0.1) is 0 Å². The molecule has 0 aromatic rings. The SMILES string of the molecule is OCC(CS)O[C@H](CO)[C@H](S)CS. The van der Waals surface area contributed by atoms with Crippen LogP contribution in [0.3, 0.4) is 0 Å². The van der Waals surface area contributed by atoms with Crippen LogP contribution in [0.15, 0.2) is 0 Å². The summed E-state index contributed by atoms with van der Waals surface area (Å²) in [6.07, 6.45) is -0.750. The Hall–Kier alpha value is 0.930. The van der Waals surface area contributed by atoms with Gasteiger partial charge in [0.25, 0.3) is 0 Å². The molecule has 0 fully saturated rings. The maximum atomic E-state index is 8.95. The molecule has 0 heterocycles. The summed E-state index contributed by atoms with van der Waals surface area (Å²) < 4.78 is 5.35. The van der Waals surface area contributed by atoms with E-state index in [0.717, 1.165) is 0 Å². The van der Waals surface area contributed by atoms with Crippen LogP contribution >= 0.6 is 37.9 Å². The van der Waals surface area contributed by atoms with Crippen LogP contribution in [0.1, 0.15) is 0 Å². The van der Waals surface area contributed by atoms with Crippen LogP contribution in [0.25, 0.3) is 0 Å². The van der Waals surface area contributed by atoms with Crippen molar-refractivity contribution in [2.75, 3.05) is 24.7 Å². The Balaban J connectivity index is 3.94. The average Bonchev–Trinajstić information content (AvgIpc) is 2.19. The van der Waals surface area contributed by atoms with Gasteiger partial charge in [-0.3, -0.25) is 0 Å². The minimum absolute atomic E-state index is 0.104. The first-order valence-corrected chi connectivity index (χ1v) is 5.74. The summed E-state index contributed by atoms with van der Waals surface area (Å²) >= 11 is 12.2. The number of thiol groups is 3. The first-order chi connectivity index (χ1) is 6.19. The van der Waals surface area contributed by atoms with E-state index in [-0.39, 0.29) is 24.6 Å². The van der Waals surface area contributed by atoms with Gasteiger partial charge in [0.1, 0.15) is 0 Å². The average molecular weight is 244 g/mol. The Kier molecular flexibility index (Phi) is 8.85. The summed E-state index contributed by atoms with van der Waals surface area (Å²) in [5.41, 5.74) is 0. The third kappa shape index (κ3) is 5.39. The van der Waals surface area contributed by atoms with Gasteiger partial charge >= 0.3 is 0 Å². The van der Waals surface area contributed by atoms with Crippen molar-refractivity contribution in [2.45, 2.75) is 17.5 Å². The number of ether oxygens (including phenoxy) is 1. The lowest BCUT2D eigenvalue weighted by Crippen LogP contribution is -2.36. The molecule has 0 aliphatic rings. The van der Waals surface area contributed by atoms with Crippen molar-refractivity contribution in [3.63, 3.8) is 0 Å². The fourth-order valence-electron chi connectivity index (χ4n) is 0.764. The van der Waals surface area contributed by atoms with Gasteiger partial charge in [-0.25, -0.2) is 0 Å². The maximum Gasteiger partial charge on any atom is 0.0934 e. The lowest BCUT2D eigenvalue weighted by Gasteiger charge is -2.24. The molecule has 6 heteroatoms. The molecule has 0 aliphatic carbocycles. The first-order valence-electron chi connectivity index (χ1n) is 3.96. The van der Waals surface area contributed by atoms with Gasteiger partial charge in [-0.2, -0.15) is 37.9 Å². The Bertz CT molecular complexity index is 122. The number of hydrogen-bond donors (Lipinski definition) is 5. The highest BCUT2D eigenvalue weighted by Crippen LogP contribution is 2.11. The summed E-state index contributed by atoms with van der Waals surface area (Å²) in [7, 11) is 0.